The summed E-state index contributed by atoms with van der Waals surface area (Å²) in [5, 5.41) is 2.74. The fraction of sp³-hybridized carbons (Fsp3) is 0.227. The van der Waals surface area contributed by atoms with Crippen molar-refractivity contribution in [2.24, 2.45) is 11.8 Å². The second kappa shape index (κ2) is 7.68. The second-order valence-electron chi connectivity index (χ2n) is 6.88. The Balaban J connectivity index is 1.46. The number of carbonyl (C=O) groups is 3. The molecule has 1 heterocycles. The summed E-state index contributed by atoms with van der Waals surface area (Å²) >= 11 is 0. The highest BCUT2D eigenvalue weighted by Gasteiger charge is 2.52. The molecule has 0 bridgehead atoms. The molecule has 3 unspecified atom stereocenters. The van der Waals surface area contributed by atoms with Gasteiger partial charge in [0.2, 0.25) is 11.8 Å². The number of nitrogens with zero attached hydrogens (tertiary/aromatic N) is 1. The maximum Gasteiger partial charge on any atom is 0.407 e. The molecule has 0 radical (unpaired) electrons. The average Bonchev–Trinajstić information content (AvgIpc) is 2.99. The third-order valence-corrected chi connectivity index (χ3v) is 5.11. The molecule has 142 valence electrons. The number of imide groups is 1. The van der Waals surface area contributed by atoms with Crippen molar-refractivity contribution in [2.45, 2.75) is 19.1 Å². The van der Waals surface area contributed by atoms with Gasteiger partial charge in [0.15, 0.2) is 0 Å². The summed E-state index contributed by atoms with van der Waals surface area (Å²) in [7, 11) is 0. The van der Waals surface area contributed by atoms with Gasteiger partial charge in [-0.1, -0.05) is 60.7 Å². The predicted molar refractivity (Wildman–Crippen MR) is 103 cm³/mol. The van der Waals surface area contributed by atoms with E-state index in [0.717, 1.165) is 5.56 Å². The van der Waals surface area contributed by atoms with Crippen LogP contribution in [0.15, 0.2) is 72.8 Å². The highest BCUT2D eigenvalue weighted by atomic mass is 16.5. The minimum absolute atomic E-state index is 0.139. The van der Waals surface area contributed by atoms with Crippen molar-refractivity contribution >= 4 is 23.6 Å². The molecule has 2 aliphatic rings. The molecule has 1 fully saturated rings. The molecular weight excluding hydrogens is 356 g/mol. The van der Waals surface area contributed by atoms with Gasteiger partial charge in [0.05, 0.1) is 23.6 Å². The topological polar surface area (TPSA) is 75.7 Å². The van der Waals surface area contributed by atoms with Gasteiger partial charge < -0.3 is 10.1 Å². The molecule has 3 atom stereocenters. The van der Waals surface area contributed by atoms with Crippen LogP contribution in [0.25, 0.3) is 0 Å². The molecule has 1 aliphatic heterocycles. The van der Waals surface area contributed by atoms with Crippen molar-refractivity contribution in [3.05, 3.63) is 78.4 Å². The van der Waals surface area contributed by atoms with Crippen molar-refractivity contribution in [1.82, 2.24) is 5.32 Å². The molecule has 1 saturated heterocycles. The van der Waals surface area contributed by atoms with Crippen molar-refractivity contribution in [3.8, 4) is 0 Å². The van der Waals surface area contributed by atoms with Gasteiger partial charge in [0.25, 0.3) is 0 Å². The number of anilines is 1. The standard InChI is InChI=1S/C22H20N2O4/c25-20-17-12-7-13-18(23-22(27)28-14-15-8-3-1-4-9-15)19(17)21(26)24(20)16-10-5-2-6-11-16/h1-11,13,17-19H,12,14H2,(H,23,27). The van der Waals surface area contributed by atoms with E-state index >= 15 is 0 Å². The molecule has 0 aromatic heterocycles. The first-order chi connectivity index (χ1) is 13.6. The van der Waals surface area contributed by atoms with Crippen molar-refractivity contribution in [1.29, 1.82) is 0 Å². The van der Waals surface area contributed by atoms with Crippen LogP contribution < -0.4 is 10.2 Å². The van der Waals surface area contributed by atoms with Crippen LogP contribution in [0.5, 0.6) is 0 Å². The van der Waals surface area contributed by atoms with Crippen LogP contribution in [0, 0.1) is 11.8 Å². The van der Waals surface area contributed by atoms with Gasteiger partial charge in [0, 0.05) is 0 Å². The fourth-order valence-corrected chi connectivity index (χ4v) is 3.76. The van der Waals surface area contributed by atoms with Gasteiger partial charge in [-0.2, -0.15) is 0 Å². The molecule has 6 nitrogen and oxygen atoms in total. The Kier molecular flexibility index (Phi) is 4.93. The lowest BCUT2D eigenvalue weighted by Gasteiger charge is -2.26. The number of ether oxygens (including phenoxy) is 1. The van der Waals surface area contributed by atoms with E-state index in [-0.39, 0.29) is 18.4 Å². The largest absolute Gasteiger partial charge is 0.445 e. The lowest BCUT2D eigenvalue weighted by molar-refractivity contribution is -0.122. The third-order valence-electron chi connectivity index (χ3n) is 5.11. The molecule has 2 aromatic carbocycles. The number of fused-ring (bicyclic) bond motifs is 1. The Labute approximate surface area is 162 Å². The number of benzene rings is 2. The van der Waals surface area contributed by atoms with Crippen LogP contribution in [0.3, 0.4) is 0 Å². The molecule has 6 heteroatoms. The Morgan fingerprint density at radius 1 is 1.00 bits per heavy atom. The van der Waals surface area contributed by atoms with E-state index in [9.17, 15) is 14.4 Å². The third kappa shape index (κ3) is 3.41. The monoisotopic (exact) mass is 376 g/mol. The van der Waals surface area contributed by atoms with E-state index in [1.54, 1.807) is 30.3 Å². The number of hydrogen-bond donors (Lipinski definition) is 1. The molecule has 2 aromatic rings. The number of allylic oxidation sites excluding steroid dienone is 1. The Morgan fingerprint density at radius 2 is 1.68 bits per heavy atom. The van der Waals surface area contributed by atoms with Gasteiger partial charge in [-0.05, 0) is 24.1 Å². The van der Waals surface area contributed by atoms with Gasteiger partial charge in [0.1, 0.15) is 6.61 Å². The number of alkyl carbamates (subject to hydrolysis) is 1. The van der Waals surface area contributed by atoms with E-state index in [0.29, 0.717) is 12.1 Å². The van der Waals surface area contributed by atoms with Crippen molar-refractivity contribution in [3.63, 3.8) is 0 Å². The van der Waals surface area contributed by atoms with E-state index in [1.165, 1.54) is 4.90 Å². The number of rotatable bonds is 4. The maximum atomic E-state index is 13.0. The molecule has 28 heavy (non-hydrogen) atoms. The molecule has 0 spiro atoms. The highest BCUT2D eigenvalue weighted by molar-refractivity contribution is 6.22. The molecular formula is C22H20N2O4. The first-order valence-electron chi connectivity index (χ1n) is 9.22. The zero-order valence-corrected chi connectivity index (χ0v) is 15.2. The summed E-state index contributed by atoms with van der Waals surface area (Å²) in [5.41, 5.74) is 1.43. The average molecular weight is 376 g/mol. The number of para-hydroxylation sites is 1. The summed E-state index contributed by atoms with van der Waals surface area (Å²) in [4.78, 5) is 39.3. The molecule has 1 aliphatic carbocycles. The first kappa shape index (κ1) is 18.0. The van der Waals surface area contributed by atoms with E-state index in [4.69, 9.17) is 4.74 Å². The summed E-state index contributed by atoms with van der Waals surface area (Å²) in [6.07, 6.45) is 3.47. The van der Waals surface area contributed by atoms with E-state index in [2.05, 4.69) is 5.32 Å². The highest BCUT2D eigenvalue weighted by Crippen LogP contribution is 2.37. The van der Waals surface area contributed by atoms with E-state index < -0.39 is 24.0 Å². The number of amides is 3. The molecule has 4 rings (SSSR count). The first-order valence-corrected chi connectivity index (χ1v) is 9.22. The van der Waals surface area contributed by atoms with Crippen LogP contribution in [-0.4, -0.2) is 23.9 Å². The molecule has 0 saturated carbocycles. The van der Waals surface area contributed by atoms with Gasteiger partial charge >= 0.3 is 6.09 Å². The lowest BCUT2D eigenvalue weighted by Crippen LogP contribution is -2.45. The van der Waals surface area contributed by atoms with Crippen LogP contribution in [0.2, 0.25) is 0 Å². The van der Waals surface area contributed by atoms with Crippen molar-refractivity contribution < 1.29 is 19.1 Å². The number of hydrogen-bond acceptors (Lipinski definition) is 4. The molecule has 3 amide bonds. The second-order valence-corrected chi connectivity index (χ2v) is 6.88. The molecule has 1 N–H and O–H groups in total. The number of nitrogens with one attached hydrogen (secondary N) is 1. The van der Waals surface area contributed by atoms with Gasteiger partial charge in [-0.3, -0.25) is 9.59 Å². The zero-order valence-electron chi connectivity index (χ0n) is 15.2. The zero-order chi connectivity index (χ0) is 19.5. The summed E-state index contributed by atoms with van der Waals surface area (Å²) in [5.74, 6) is -1.62. The lowest BCUT2D eigenvalue weighted by atomic mass is 9.81. The smallest absolute Gasteiger partial charge is 0.407 e. The SMILES string of the molecule is O=C(NC1C=CCC2C(=O)N(c3ccccc3)C(=O)C12)OCc1ccccc1. The van der Waals surface area contributed by atoms with Crippen LogP contribution in [-0.2, 0) is 20.9 Å². The summed E-state index contributed by atoms with van der Waals surface area (Å²) in [6, 6.07) is 17.6. The van der Waals surface area contributed by atoms with Crippen molar-refractivity contribution in [2.75, 3.05) is 4.90 Å². The Bertz CT molecular complexity index is 911. The van der Waals surface area contributed by atoms with Gasteiger partial charge in [-0.25, -0.2) is 9.69 Å². The maximum absolute atomic E-state index is 13.0. The van der Waals surface area contributed by atoms with Crippen LogP contribution in [0.1, 0.15) is 12.0 Å². The van der Waals surface area contributed by atoms with Crippen LogP contribution in [0.4, 0.5) is 10.5 Å². The van der Waals surface area contributed by atoms with E-state index in [1.807, 2.05) is 42.5 Å². The van der Waals surface area contributed by atoms with Crippen LogP contribution >= 0.6 is 0 Å². The minimum Gasteiger partial charge on any atom is -0.445 e. The predicted octanol–water partition coefficient (Wildman–Crippen LogP) is 3.05. The normalized spacial score (nSPS) is 23.4. The Hall–Kier alpha value is -3.41. The summed E-state index contributed by atoms with van der Waals surface area (Å²) in [6.45, 7) is 0.139. The number of carbonyl (C=O) groups excluding carboxylic acids is 3. The fourth-order valence-electron chi connectivity index (χ4n) is 3.76. The van der Waals surface area contributed by atoms with Gasteiger partial charge in [-0.15, -0.1) is 0 Å². The Morgan fingerprint density at radius 3 is 2.39 bits per heavy atom. The summed E-state index contributed by atoms with van der Waals surface area (Å²) < 4.78 is 5.26. The quantitative estimate of drug-likeness (QED) is 0.657. The minimum atomic E-state index is -0.623.